The lowest BCUT2D eigenvalue weighted by Gasteiger charge is -2.29. The van der Waals surface area contributed by atoms with Gasteiger partial charge in [-0.3, -0.25) is 0 Å². The molecule has 1 aliphatic rings. The molecule has 5 heteroatoms. The molecule has 2 unspecified atom stereocenters. The number of anilines is 2. The first-order valence-electron chi connectivity index (χ1n) is 7.94. The molecule has 2 amide bonds. The van der Waals surface area contributed by atoms with E-state index < -0.39 is 5.60 Å². The topological polar surface area (TPSA) is 64.6 Å². The van der Waals surface area contributed by atoms with Crippen LogP contribution in [0.4, 0.5) is 16.2 Å². The second-order valence-corrected chi connectivity index (χ2v) is 6.49. The fraction of sp³-hybridized carbons (Fsp3) is 0.588. The van der Waals surface area contributed by atoms with Crippen molar-refractivity contribution in [1.82, 2.24) is 5.32 Å². The van der Waals surface area contributed by atoms with E-state index in [1.54, 1.807) is 6.92 Å². The first-order valence-corrected chi connectivity index (χ1v) is 7.94. The molecular weight excluding hydrogens is 278 g/mol. The molecular formula is C17H27N3O2. The second-order valence-electron chi connectivity index (χ2n) is 6.49. The van der Waals surface area contributed by atoms with Crippen LogP contribution in [-0.4, -0.2) is 36.9 Å². The monoisotopic (exact) mass is 305 g/mol. The highest BCUT2D eigenvalue weighted by atomic mass is 16.3. The number of nitrogens with one attached hydrogen (secondary N) is 2. The number of aliphatic hydroxyl groups is 1. The summed E-state index contributed by atoms with van der Waals surface area (Å²) >= 11 is 0. The molecule has 3 N–H and O–H groups in total. The van der Waals surface area contributed by atoms with E-state index in [0.29, 0.717) is 0 Å². The summed E-state index contributed by atoms with van der Waals surface area (Å²) < 4.78 is 0. The Morgan fingerprint density at radius 1 is 1.50 bits per heavy atom. The number of carbonyl (C=O) groups is 1. The van der Waals surface area contributed by atoms with Gasteiger partial charge in [0.1, 0.15) is 0 Å². The minimum atomic E-state index is -0.899. The molecule has 1 aliphatic heterocycles. The van der Waals surface area contributed by atoms with Crippen LogP contribution in [-0.2, 0) is 6.42 Å². The lowest BCUT2D eigenvalue weighted by molar-refractivity contribution is 0.00827. The van der Waals surface area contributed by atoms with E-state index in [1.807, 2.05) is 26.0 Å². The number of fused-ring (bicyclic) bond motifs is 1. The number of nitrogens with zero attached hydrogens (tertiary/aromatic N) is 1. The van der Waals surface area contributed by atoms with Crippen LogP contribution in [0.15, 0.2) is 18.2 Å². The molecule has 2 atom stereocenters. The highest BCUT2D eigenvalue weighted by Gasteiger charge is 2.27. The Morgan fingerprint density at radius 2 is 2.23 bits per heavy atom. The number of carbonyl (C=O) groups excluding carboxylic acids is 1. The zero-order chi connectivity index (χ0) is 16.3. The zero-order valence-electron chi connectivity index (χ0n) is 13.9. The number of rotatable bonds is 5. The Balaban J connectivity index is 1.92. The molecule has 0 saturated heterocycles. The smallest absolute Gasteiger partial charge is 0.319 e. The van der Waals surface area contributed by atoms with Gasteiger partial charge >= 0.3 is 6.03 Å². The SMILES string of the molecule is CCC(C)C(C)(O)CNC(=O)Nc1ccc2c(c1)N(C)CC2. The van der Waals surface area contributed by atoms with Gasteiger partial charge in [-0.1, -0.05) is 26.3 Å². The van der Waals surface area contributed by atoms with Gasteiger partial charge in [-0.05, 0) is 37.0 Å². The number of benzene rings is 1. The average molecular weight is 305 g/mol. The Kier molecular flexibility index (Phi) is 4.96. The van der Waals surface area contributed by atoms with Gasteiger partial charge in [-0.2, -0.15) is 0 Å². The van der Waals surface area contributed by atoms with E-state index >= 15 is 0 Å². The minimum absolute atomic E-state index is 0.126. The lowest BCUT2D eigenvalue weighted by Crippen LogP contribution is -2.46. The molecule has 0 fully saturated rings. The van der Waals surface area contributed by atoms with Crippen molar-refractivity contribution in [2.24, 2.45) is 5.92 Å². The number of urea groups is 1. The molecule has 1 heterocycles. The summed E-state index contributed by atoms with van der Waals surface area (Å²) in [6.07, 6.45) is 1.92. The molecule has 122 valence electrons. The first-order chi connectivity index (χ1) is 10.3. The molecule has 22 heavy (non-hydrogen) atoms. The average Bonchev–Trinajstić information content (AvgIpc) is 2.85. The quantitative estimate of drug-likeness (QED) is 0.783. The Morgan fingerprint density at radius 3 is 2.91 bits per heavy atom. The van der Waals surface area contributed by atoms with E-state index in [9.17, 15) is 9.90 Å². The second kappa shape index (κ2) is 6.57. The largest absolute Gasteiger partial charge is 0.388 e. The molecule has 1 aromatic rings. The summed E-state index contributed by atoms with van der Waals surface area (Å²) in [5.74, 6) is 0.126. The van der Waals surface area contributed by atoms with Gasteiger partial charge in [0.05, 0.1) is 5.60 Å². The van der Waals surface area contributed by atoms with Crippen LogP contribution in [0.2, 0.25) is 0 Å². The number of hydrogen-bond acceptors (Lipinski definition) is 3. The van der Waals surface area contributed by atoms with Crippen molar-refractivity contribution < 1.29 is 9.90 Å². The maximum absolute atomic E-state index is 12.0. The van der Waals surface area contributed by atoms with E-state index in [4.69, 9.17) is 0 Å². The van der Waals surface area contributed by atoms with E-state index in [-0.39, 0.29) is 18.5 Å². The molecule has 5 nitrogen and oxygen atoms in total. The standard InChI is InChI=1S/C17H27N3O2/c1-5-12(2)17(3,22)11-18-16(21)19-14-7-6-13-8-9-20(4)15(13)10-14/h6-7,10,12,22H,5,8-9,11H2,1-4H3,(H2,18,19,21). The molecule has 0 saturated carbocycles. The Bertz CT molecular complexity index is 543. The molecule has 0 spiro atoms. The fourth-order valence-corrected chi connectivity index (χ4v) is 2.67. The minimum Gasteiger partial charge on any atom is -0.388 e. The van der Waals surface area contributed by atoms with Crippen molar-refractivity contribution in [3.05, 3.63) is 23.8 Å². The first kappa shape index (κ1) is 16.6. The van der Waals surface area contributed by atoms with Gasteiger partial charge in [0.2, 0.25) is 0 Å². The van der Waals surface area contributed by atoms with Gasteiger partial charge in [0.15, 0.2) is 0 Å². The lowest BCUT2D eigenvalue weighted by atomic mass is 9.89. The molecule has 0 bridgehead atoms. The number of hydrogen-bond donors (Lipinski definition) is 3. The Hall–Kier alpha value is -1.75. The van der Waals surface area contributed by atoms with E-state index in [2.05, 4.69) is 28.6 Å². The maximum atomic E-state index is 12.0. The number of likely N-dealkylation sites (N-methyl/N-ethyl adjacent to an activating group) is 1. The van der Waals surface area contributed by atoms with E-state index in [0.717, 1.165) is 25.1 Å². The van der Waals surface area contributed by atoms with Crippen molar-refractivity contribution in [2.75, 3.05) is 30.4 Å². The third-order valence-electron chi connectivity index (χ3n) is 4.75. The zero-order valence-corrected chi connectivity index (χ0v) is 13.9. The van der Waals surface area contributed by atoms with Gasteiger partial charge in [-0.15, -0.1) is 0 Å². The summed E-state index contributed by atoms with van der Waals surface area (Å²) in [7, 11) is 2.05. The molecule has 0 radical (unpaired) electrons. The third-order valence-corrected chi connectivity index (χ3v) is 4.75. The van der Waals surface area contributed by atoms with Crippen LogP contribution in [0.25, 0.3) is 0 Å². The van der Waals surface area contributed by atoms with Crippen LogP contribution in [0, 0.1) is 5.92 Å². The van der Waals surface area contributed by atoms with Crippen LogP contribution in [0.5, 0.6) is 0 Å². The van der Waals surface area contributed by atoms with Gasteiger partial charge in [0, 0.05) is 31.5 Å². The summed E-state index contributed by atoms with van der Waals surface area (Å²) in [5, 5.41) is 15.9. The van der Waals surface area contributed by atoms with Crippen molar-refractivity contribution in [1.29, 1.82) is 0 Å². The van der Waals surface area contributed by atoms with Crippen molar-refractivity contribution in [3.63, 3.8) is 0 Å². The van der Waals surface area contributed by atoms with Gasteiger partial charge in [-0.25, -0.2) is 4.79 Å². The summed E-state index contributed by atoms with van der Waals surface area (Å²) in [6, 6.07) is 5.69. The molecule has 2 rings (SSSR count). The highest BCUT2D eigenvalue weighted by Crippen LogP contribution is 2.29. The predicted octanol–water partition coefficient (Wildman–Crippen LogP) is 2.60. The Labute approximate surface area is 132 Å². The summed E-state index contributed by atoms with van der Waals surface area (Å²) in [4.78, 5) is 14.2. The van der Waals surface area contributed by atoms with Crippen LogP contribution in [0.3, 0.4) is 0 Å². The normalized spacial score (nSPS) is 17.6. The predicted molar refractivity (Wildman–Crippen MR) is 90.5 cm³/mol. The van der Waals surface area contributed by atoms with Crippen molar-refractivity contribution >= 4 is 17.4 Å². The summed E-state index contributed by atoms with van der Waals surface area (Å²) in [5.41, 5.74) is 2.36. The number of amides is 2. The van der Waals surface area contributed by atoms with Crippen molar-refractivity contribution in [3.8, 4) is 0 Å². The molecule has 1 aromatic carbocycles. The maximum Gasteiger partial charge on any atom is 0.319 e. The van der Waals surface area contributed by atoms with Gasteiger partial charge in [0.25, 0.3) is 0 Å². The van der Waals surface area contributed by atoms with Crippen molar-refractivity contribution in [2.45, 2.75) is 39.2 Å². The molecule has 0 aliphatic carbocycles. The fourth-order valence-electron chi connectivity index (χ4n) is 2.67. The van der Waals surface area contributed by atoms with Crippen LogP contribution >= 0.6 is 0 Å². The van der Waals surface area contributed by atoms with Gasteiger partial charge < -0.3 is 20.6 Å². The summed E-state index contributed by atoms with van der Waals surface area (Å²) in [6.45, 7) is 7.02. The van der Waals surface area contributed by atoms with E-state index in [1.165, 1.54) is 11.3 Å². The van der Waals surface area contributed by atoms with Crippen LogP contribution < -0.4 is 15.5 Å². The van der Waals surface area contributed by atoms with Crippen LogP contribution in [0.1, 0.15) is 32.8 Å². The third kappa shape index (κ3) is 3.71. The molecule has 0 aromatic heterocycles. The highest BCUT2D eigenvalue weighted by molar-refractivity contribution is 5.90.